The first kappa shape index (κ1) is 23.3. The van der Waals surface area contributed by atoms with E-state index < -0.39 is 36.2 Å². The van der Waals surface area contributed by atoms with Crippen molar-refractivity contribution in [3.05, 3.63) is 53.1 Å². The highest BCUT2D eigenvalue weighted by molar-refractivity contribution is 6.24. The van der Waals surface area contributed by atoms with Crippen LogP contribution in [0.15, 0.2) is 36.4 Å². The molecule has 0 aromatic heterocycles. The lowest BCUT2D eigenvalue weighted by atomic mass is 10.0. The van der Waals surface area contributed by atoms with Gasteiger partial charge in [0.05, 0.1) is 42.5 Å². The molecule has 1 aliphatic heterocycles. The predicted octanol–water partition coefficient (Wildman–Crippen LogP) is 3.79. The van der Waals surface area contributed by atoms with E-state index in [1.807, 2.05) is 0 Å². The Morgan fingerprint density at radius 3 is 2.50 bits per heavy atom. The molecular weight excluding hydrogens is 440 g/mol. The van der Waals surface area contributed by atoms with Gasteiger partial charge in [-0.05, 0) is 55.5 Å². The van der Waals surface area contributed by atoms with Gasteiger partial charge in [-0.1, -0.05) is 12.1 Å². The zero-order valence-corrected chi connectivity index (χ0v) is 19.0. The number of carbonyl (C=O) groups excluding carboxylic acids is 3. The van der Waals surface area contributed by atoms with Crippen molar-refractivity contribution < 1.29 is 33.8 Å². The number of nitrogens with one attached hydrogen (secondary N) is 1. The highest BCUT2D eigenvalue weighted by atomic mass is 16.5. The summed E-state index contributed by atoms with van der Waals surface area (Å²) in [5.74, 6) is -1.91. The molecule has 1 atom stereocenters. The monoisotopic (exact) mass is 466 g/mol. The molecule has 34 heavy (non-hydrogen) atoms. The first-order valence-corrected chi connectivity index (χ1v) is 11.1. The maximum absolute atomic E-state index is 13.4. The van der Waals surface area contributed by atoms with Gasteiger partial charge in [-0.15, -0.1) is 0 Å². The van der Waals surface area contributed by atoms with Crippen LogP contribution in [-0.4, -0.2) is 46.9 Å². The topological polar surface area (TPSA) is 122 Å². The van der Waals surface area contributed by atoms with E-state index in [1.165, 1.54) is 26.2 Å². The van der Waals surface area contributed by atoms with Crippen LogP contribution in [0.1, 0.15) is 71.3 Å². The third-order valence-corrected chi connectivity index (χ3v) is 6.10. The number of carboxylic acids is 1. The minimum absolute atomic E-state index is 0.0293. The van der Waals surface area contributed by atoms with E-state index in [0.29, 0.717) is 17.1 Å². The molecule has 9 heteroatoms. The van der Waals surface area contributed by atoms with Crippen LogP contribution in [0.5, 0.6) is 11.5 Å². The van der Waals surface area contributed by atoms with Gasteiger partial charge in [0.15, 0.2) is 11.5 Å². The summed E-state index contributed by atoms with van der Waals surface area (Å²) < 4.78 is 11.5. The van der Waals surface area contributed by atoms with Gasteiger partial charge in [-0.3, -0.25) is 24.1 Å². The van der Waals surface area contributed by atoms with E-state index in [4.69, 9.17) is 9.47 Å². The standard InChI is InChI=1S/C25H26N2O7/c1-14(28)26-18-9-5-8-17-23(18)25(32)27(24(17)31)19(13-22(29)30)15-10-11-20(33-2)21(12-15)34-16-6-3-4-7-16/h5,8-12,16,19H,3-4,6-7,13H2,1-2H3,(H,26,28)(H,29,30). The molecule has 2 aliphatic rings. The fraction of sp³-hybridized carbons (Fsp3) is 0.360. The number of ether oxygens (including phenoxy) is 2. The van der Waals surface area contributed by atoms with Crippen LogP contribution >= 0.6 is 0 Å². The molecular formula is C25H26N2O7. The molecule has 0 radical (unpaired) electrons. The molecule has 2 aromatic rings. The largest absolute Gasteiger partial charge is 0.493 e. The fourth-order valence-corrected chi connectivity index (χ4v) is 4.58. The van der Waals surface area contributed by atoms with Gasteiger partial charge in [0.25, 0.3) is 11.8 Å². The Balaban J connectivity index is 1.74. The van der Waals surface area contributed by atoms with Crippen molar-refractivity contribution in [3.8, 4) is 11.5 Å². The molecule has 3 amide bonds. The number of benzene rings is 2. The van der Waals surface area contributed by atoms with Crippen LogP contribution in [0, 0.1) is 0 Å². The van der Waals surface area contributed by atoms with Gasteiger partial charge >= 0.3 is 5.97 Å². The van der Waals surface area contributed by atoms with E-state index in [1.54, 1.807) is 24.3 Å². The van der Waals surface area contributed by atoms with E-state index in [-0.39, 0.29) is 22.9 Å². The van der Waals surface area contributed by atoms with Crippen molar-refractivity contribution >= 4 is 29.4 Å². The summed E-state index contributed by atoms with van der Waals surface area (Å²) in [6, 6.07) is 8.42. The maximum Gasteiger partial charge on any atom is 0.305 e. The SMILES string of the molecule is COc1ccc(C(CC(=O)O)N2C(=O)c3cccc(NC(C)=O)c3C2=O)cc1OC1CCCC1. The molecule has 1 heterocycles. The van der Waals surface area contributed by atoms with Crippen LogP contribution in [0.2, 0.25) is 0 Å². The van der Waals surface area contributed by atoms with Gasteiger partial charge in [-0.25, -0.2) is 0 Å². The first-order valence-electron chi connectivity index (χ1n) is 11.1. The number of nitrogens with zero attached hydrogens (tertiary/aromatic N) is 1. The number of fused-ring (bicyclic) bond motifs is 1. The molecule has 1 saturated carbocycles. The molecule has 1 fully saturated rings. The fourth-order valence-electron chi connectivity index (χ4n) is 4.58. The Kier molecular flexibility index (Phi) is 6.54. The first-order chi connectivity index (χ1) is 16.3. The van der Waals surface area contributed by atoms with Gasteiger partial charge in [0, 0.05) is 6.92 Å². The van der Waals surface area contributed by atoms with E-state index in [0.717, 1.165) is 30.6 Å². The Morgan fingerprint density at radius 1 is 1.12 bits per heavy atom. The van der Waals surface area contributed by atoms with Crippen molar-refractivity contribution in [2.45, 2.75) is 51.2 Å². The van der Waals surface area contributed by atoms with Crippen LogP contribution < -0.4 is 14.8 Å². The summed E-state index contributed by atoms with van der Waals surface area (Å²) in [5, 5.41) is 12.2. The third-order valence-electron chi connectivity index (χ3n) is 6.10. The molecule has 2 N–H and O–H groups in total. The van der Waals surface area contributed by atoms with Crippen molar-refractivity contribution in [2.75, 3.05) is 12.4 Å². The number of hydrogen-bond donors (Lipinski definition) is 2. The van der Waals surface area contributed by atoms with Crippen LogP contribution in [-0.2, 0) is 9.59 Å². The highest BCUT2D eigenvalue weighted by Gasteiger charge is 2.43. The second-order valence-electron chi connectivity index (χ2n) is 8.44. The van der Waals surface area contributed by atoms with Crippen molar-refractivity contribution in [3.63, 3.8) is 0 Å². The number of anilines is 1. The number of hydrogen-bond acceptors (Lipinski definition) is 6. The number of amides is 3. The van der Waals surface area contributed by atoms with E-state index in [9.17, 15) is 24.3 Å². The maximum atomic E-state index is 13.4. The van der Waals surface area contributed by atoms with Gasteiger partial charge < -0.3 is 19.9 Å². The average Bonchev–Trinajstić information content (AvgIpc) is 3.39. The average molecular weight is 466 g/mol. The molecule has 9 nitrogen and oxygen atoms in total. The van der Waals surface area contributed by atoms with Crippen LogP contribution in [0.4, 0.5) is 5.69 Å². The minimum atomic E-state index is -1.17. The van der Waals surface area contributed by atoms with Crippen LogP contribution in [0.25, 0.3) is 0 Å². The van der Waals surface area contributed by atoms with Crippen molar-refractivity contribution in [1.82, 2.24) is 4.90 Å². The van der Waals surface area contributed by atoms with Crippen LogP contribution in [0.3, 0.4) is 0 Å². The lowest BCUT2D eigenvalue weighted by Gasteiger charge is -2.26. The Bertz CT molecular complexity index is 1150. The second kappa shape index (κ2) is 9.54. The zero-order chi connectivity index (χ0) is 24.4. The molecule has 0 bridgehead atoms. The molecule has 4 rings (SSSR count). The van der Waals surface area contributed by atoms with Gasteiger partial charge in [-0.2, -0.15) is 0 Å². The number of carboxylic acid groups (broad SMARTS) is 1. The molecule has 178 valence electrons. The number of carbonyl (C=O) groups is 4. The van der Waals surface area contributed by atoms with Gasteiger partial charge in [0.2, 0.25) is 5.91 Å². The summed E-state index contributed by atoms with van der Waals surface area (Å²) in [5.41, 5.74) is 0.809. The smallest absolute Gasteiger partial charge is 0.305 e. The number of aliphatic carboxylic acids is 1. The molecule has 0 spiro atoms. The highest BCUT2D eigenvalue weighted by Crippen LogP contribution is 2.40. The normalized spacial score (nSPS) is 16.4. The number of rotatable bonds is 8. The molecule has 1 aliphatic carbocycles. The summed E-state index contributed by atoms with van der Waals surface area (Å²) in [7, 11) is 1.51. The molecule has 1 unspecified atom stereocenters. The molecule has 2 aromatic carbocycles. The Hall–Kier alpha value is -3.88. The lowest BCUT2D eigenvalue weighted by molar-refractivity contribution is -0.138. The van der Waals surface area contributed by atoms with E-state index in [2.05, 4.69) is 5.32 Å². The quantitative estimate of drug-likeness (QED) is 0.568. The lowest BCUT2D eigenvalue weighted by Crippen LogP contribution is -2.35. The van der Waals surface area contributed by atoms with Crippen molar-refractivity contribution in [2.24, 2.45) is 0 Å². The predicted molar refractivity (Wildman–Crippen MR) is 122 cm³/mol. The minimum Gasteiger partial charge on any atom is -0.493 e. The Morgan fingerprint density at radius 2 is 1.85 bits per heavy atom. The Labute approximate surface area is 196 Å². The summed E-state index contributed by atoms with van der Waals surface area (Å²) in [4.78, 5) is 51.0. The third kappa shape index (κ3) is 4.46. The zero-order valence-electron chi connectivity index (χ0n) is 19.0. The number of imide groups is 1. The summed E-state index contributed by atoms with van der Waals surface area (Å²) in [6.07, 6.45) is 3.50. The number of methoxy groups -OCH3 is 1. The summed E-state index contributed by atoms with van der Waals surface area (Å²) in [6.45, 7) is 1.30. The van der Waals surface area contributed by atoms with E-state index >= 15 is 0 Å². The van der Waals surface area contributed by atoms with Crippen molar-refractivity contribution in [1.29, 1.82) is 0 Å². The van der Waals surface area contributed by atoms with Gasteiger partial charge in [0.1, 0.15) is 0 Å². The molecule has 0 saturated heterocycles. The second-order valence-corrected chi connectivity index (χ2v) is 8.44. The summed E-state index contributed by atoms with van der Waals surface area (Å²) >= 11 is 0.